The number of ketones is 1. The van der Waals surface area contributed by atoms with Gasteiger partial charge in [-0.1, -0.05) is 6.07 Å². The Balaban J connectivity index is 1.87. The lowest BCUT2D eigenvalue weighted by molar-refractivity contribution is 0.101. The number of aromatic amines is 1. The van der Waals surface area contributed by atoms with E-state index in [-0.39, 0.29) is 5.78 Å². The number of carbonyl (C=O) groups excluding carboxylic acids is 1. The van der Waals surface area contributed by atoms with Crippen molar-refractivity contribution in [2.75, 3.05) is 0 Å². The molecule has 3 rings (SSSR count). The van der Waals surface area contributed by atoms with E-state index in [9.17, 15) is 4.79 Å². The zero-order valence-corrected chi connectivity index (χ0v) is 12.0. The number of carbonyl (C=O) groups is 1. The van der Waals surface area contributed by atoms with Crippen LogP contribution in [0.1, 0.15) is 22.8 Å². The highest BCUT2D eigenvalue weighted by Crippen LogP contribution is 2.26. The van der Waals surface area contributed by atoms with E-state index >= 15 is 0 Å². The van der Waals surface area contributed by atoms with Gasteiger partial charge in [-0.15, -0.1) is 0 Å². The number of Topliss-reactive ketones (excluding diaryl/α,β-unsaturated/α-hetero) is 1. The van der Waals surface area contributed by atoms with E-state index in [2.05, 4.69) is 27.9 Å². The van der Waals surface area contributed by atoms with E-state index < -0.39 is 0 Å². The Hall–Kier alpha value is -2.14. The second kappa shape index (κ2) is 5.09. The maximum Gasteiger partial charge on any atom is 0.172 e. The predicted molar refractivity (Wildman–Crippen MR) is 79.2 cm³/mol. The van der Waals surface area contributed by atoms with Gasteiger partial charge in [-0.05, 0) is 55.4 Å². The quantitative estimate of drug-likeness (QED) is 0.746. The van der Waals surface area contributed by atoms with Gasteiger partial charge in [0.15, 0.2) is 10.9 Å². The molecule has 1 aromatic carbocycles. The van der Waals surface area contributed by atoms with Crippen LogP contribution >= 0.6 is 11.8 Å². The number of hydrogen-bond donors (Lipinski definition) is 1. The Bertz CT molecular complexity index is 777. The van der Waals surface area contributed by atoms with Crippen LogP contribution in [0.4, 0.5) is 0 Å². The molecule has 0 aliphatic heterocycles. The summed E-state index contributed by atoms with van der Waals surface area (Å²) in [4.78, 5) is 23.2. The second-order valence-corrected chi connectivity index (χ2v) is 5.62. The first-order valence-corrected chi connectivity index (χ1v) is 7.05. The third-order valence-corrected chi connectivity index (χ3v) is 3.80. The Morgan fingerprint density at radius 2 is 2.10 bits per heavy atom. The van der Waals surface area contributed by atoms with Gasteiger partial charge in [0.2, 0.25) is 0 Å². The largest absolute Gasteiger partial charge is 0.333 e. The summed E-state index contributed by atoms with van der Waals surface area (Å²) in [7, 11) is 0. The molecule has 5 heteroatoms. The van der Waals surface area contributed by atoms with Crippen molar-refractivity contribution in [2.24, 2.45) is 0 Å². The average molecular weight is 283 g/mol. The molecule has 0 amide bonds. The average Bonchev–Trinajstić information content (AvgIpc) is 2.80. The number of fused-ring (bicyclic) bond motifs is 1. The number of imidazole rings is 1. The van der Waals surface area contributed by atoms with E-state index in [0.29, 0.717) is 5.56 Å². The first kappa shape index (κ1) is 12.9. The molecule has 2 aromatic heterocycles. The molecule has 2 heterocycles. The van der Waals surface area contributed by atoms with Crippen LogP contribution in [0.3, 0.4) is 0 Å². The molecular weight excluding hydrogens is 270 g/mol. The van der Waals surface area contributed by atoms with E-state index in [1.807, 2.05) is 18.2 Å². The number of benzene rings is 1. The highest BCUT2D eigenvalue weighted by atomic mass is 32.2. The van der Waals surface area contributed by atoms with Crippen LogP contribution in [-0.2, 0) is 0 Å². The minimum Gasteiger partial charge on any atom is -0.333 e. The maximum absolute atomic E-state index is 11.2. The molecule has 0 aliphatic carbocycles. The summed E-state index contributed by atoms with van der Waals surface area (Å²) in [5, 5.41) is 1.61. The van der Waals surface area contributed by atoms with Crippen LogP contribution in [-0.4, -0.2) is 20.7 Å². The molecule has 0 saturated heterocycles. The molecule has 1 N–H and O–H groups in total. The van der Waals surface area contributed by atoms with Gasteiger partial charge in [0.05, 0.1) is 11.0 Å². The molecule has 0 saturated carbocycles. The van der Waals surface area contributed by atoms with Crippen molar-refractivity contribution in [3.05, 3.63) is 47.7 Å². The Morgan fingerprint density at radius 1 is 1.25 bits per heavy atom. The summed E-state index contributed by atoms with van der Waals surface area (Å²) in [5.41, 5.74) is 3.78. The van der Waals surface area contributed by atoms with E-state index in [1.54, 1.807) is 12.3 Å². The lowest BCUT2D eigenvalue weighted by atomic mass is 10.2. The Kier molecular flexibility index (Phi) is 3.28. The summed E-state index contributed by atoms with van der Waals surface area (Å²) in [6, 6.07) is 9.72. The van der Waals surface area contributed by atoms with Crippen LogP contribution in [0, 0.1) is 6.92 Å². The number of nitrogens with one attached hydrogen (secondary N) is 1. The number of aromatic nitrogens is 3. The van der Waals surface area contributed by atoms with Crippen molar-refractivity contribution in [1.82, 2.24) is 15.0 Å². The Labute approximate surface area is 120 Å². The van der Waals surface area contributed by atoms with Gasteiger partial charge < -0.3 is 4.98 Å². The summed E-state index contributed by atoms with van der Waals surface area (Å²) in [6.45, 7) is 3.58. The molecule has 0 atom stereocenters. The predicted octanol–water partition coefficient (Wildman–Crippen LogP) is 3.62. The number of pyridine rings is 1. The SMILES string of the molecule is CC(=O)c1ccc(Sc2nc3ccc(C)cc3[nH]2)nc1. The van der Waals surface area contributed by atoms with E-state index in [1.165, 1.54) is 24.2 Å². The molecular formula is C15H13N3OS. The number of hydrogen-bond acceptors (Lipinski definition) is 4. The molecule has 20 heavy (non-hydrogen) atoms. The van der Waals surface area contributed by atoms with Gasteiger partial charge in [0, 0.05) is 11.8 Å². The molecule has 0 radical (unpaired) electrons. The number of aryl methyl sites for hydroxylation is 1. The standard InChI is InChI=1S/C15H13N3OS/c1-9-3-5-12-13(7-9)18-15(17-12)20-14-6-4-11(8-16-14)10(2)19/h3-8H,1-2H3,(H,17,18). The first-order chi connectivity index (χ1) is 9.61. The minimum atomic E-state index is 0.0215. The molecule has 0 spiro atoms. The highest BCUT2D eigenvalue weighted by molar-refractivity contribution is 7.99. The van der Waals surface area contributed by atoms with Gasteiger partial charge in [0.1, 0.15) is 5.03 Å². The molecule has 0 bridgehead atoms. The summed E-state index contributed by atoms with van der Waals surface area (Å²) < 4.78 is 0. The number of nitrogens with zero attached hydrogens (tertiary/aromatic N) is 2. The third-order valence-electron chi connectivity index (χ3n) is 2.96. The normalized spacial score (nSPS) is 10.9. The van der Waals surface area contributed by atoms with Crippen molar-refractivity contribution < 1.29 is 4.79 Å². The molecule has 0 aliphatic rings. The van der Waals surface area contributed by atoms with Crippen LogP contribution in [0.2, 0.25) is 0 Å². The monoisotopic (exact) mass is 283 g/mol. The van der Waals surface area contributed by atoms with Gasteiger partial charge in [-0.2, -0.15) is 0 Å². The summed E-state index contributed by atoms with van der Waals surface area (Å²) in [5.74, 6) is 0.0215. The van der Waals surface area contributed by atoms with Crippen LogP contribution in [0.5, 0.6) is 0 Å². The van der Waals surface area contributed by atoms with Gasteiger partial charge in [0.25, 0.3) is 0 Å². The van der Waals surface area contributed by atoms with Gasteiger partial charge in [-0.3, -0.25) is 4.79 Å². The van der Waals surface area contributed by atoms with Crippen molar-refractivity contribution in [3.8, 4) is 0 Å². The summed E-state index contributed by atoms with van der Waals surface area (Å²) in [6.07, 6.45) is 1.59. The van der Waals surface area contributed by atoms with E-state index in [4.69, 9.17) is 0 Å². The van der Waals surface area contributed by atoms with Crippen molar-refractivity contribution in [1.29, 1.82) is 0 Å². The fourth-order valence-corrected chi connectivity index (χ4v) is 2.64. The fraction of sp³-hybridized carbons (Fsp3) is 0.133. The topological polar surface area (TPSA) is 58.6 Å². The molecule has 100 valence electrons. The van der Waals surface area contributed by atoms with Crippen LogP contribution < -0.4 is 0 Å². The molecule has 0 fully saturated rings. The zero-order chi connectivity index (χ0) is 14.1. The lowest BCUT2D eigenvalue weighted by Gasteiger charge is -1.98. The van der Waals surface area contributed by atoms with Crippen LogP contribution in [0.25, 0.3) is 11.0 Å². The third kappa shape index (κ3) is 2.58. The molecule has 3 aromatic rings. The van der Waals surface area contributed by atoms with Crippen molar-refractivity contribution in [2.45, 2.75) is 24.0 Å². The zero-order valence-electron chi connectivity index (χ0n) is 11.2. The van der Waals surface area contributed by atoms with Crippen molar-refractivity contribution in [3.63, 3.8) is 0 Å². The maximum atomic E-state index is 11.2. The van der Waals surface area contributed by atoms with Crippen molar-refractivity contribution >= 4 is 28.6 Å². The van der Waals surface area contributed by atoms with Gasteiger partial charge in [-0.25, -0.2) is 9.97 Å². The van der Waals surface area contributed by atoms with E-state index in [0.717, 1.165) is 21.2 Å². The Morgan fingerprint density at radius 3 is 2.80 bits per heavy atom. The fourth-order valence-electron chi connectivity index (χ4n) is 1.90. The summed E-state index contributed by atoms with van der Waals surface area (Å²) >= 11 is 1.45. The van der Waals surface area contributed by atoms with Gasteiger partial charge >= 0.3 is 0 Å². The smallest absolute Gasteiger partial charge is 0.172 e. The molecule has 0 unspecified atom stereocenters. The molecule has 4 nitrogen and oxygen atoms in total. The lowest BCUT2D eigenvalue weighted by Crippen LogP contribution is -1.93. The number of H-pyrrole nitrogens is 1. The highest BCUT2D eigenvalue weighted by Gasteiger charge is 2.06. The van der Waals surface area contributed by atoms with Crippen LogP contribution in [0.15, 0.2) is 46.7 Å². The number of rotatable bonds is 3. The second-order valence-electron chi connectivity index (χ2n) is 4.61. The first-order valence-electron chi connectivity index (χ1n) is 6.23. The minimum absolute atomic E-state index is 0.0215.